The molecule has 0 atom stereocenters. The van der Waals surface area contributed by atoms with Crippen LogP contribution in [0.1, 0.15) is 47.1 Å². The lowest BCUT2D eigenvalue weighted by Gasteiger charge is -2.11. The summed E-state index contributed by atoms with van der Waals surface area (Å²) < 4.78 is 62.5. The van der Waals surface area contributed by atoms with E-state index in [0.717, 1.165) is 0 Å². The third-order valence-electron chi connectivity index (χ3n) is 2.85. The van der Waals surface area contributed by atoms with Crippen molar-refractivity contribution in [1.82, 2.24) is 4.98 Å². The first kappa shape index (κ1) is 6.69. The highest BCUT2D eigenvalue weighted by molar-refractivity contribution is 5.64. The first-order chi connectivity index (χ1) is 12.2. The number of aryl methyl sites for hydroxylation is 3. The van der Waals surface area contributed by atoms with E-state index in [4.69, 9.17) is 11.0 Å². The Hall–Kier alpha value is -1.63. The van der Waals surface area contributed by atoms with Crippen LogP contribution in [-0.4, -0.2) is 4.98 Å². The molecule has 0 radical (unpaired) electrons. The van der Waals surface area contributed by atoms with Gasteiger partial charge in [0.1, 0.15) is 0 Å². The van der Waals surface area contributed by atoms with Gasteiger partial charge in [-0.1, -0.05) is 37.6 Å². The Balaban J connectivity index is 2.65. The van der Waals surface area contributed by atoms with Crippen LogP contribution >= 0.6 is 0 Å². The summed E-state index contributed by atoms with van der Waals surface area (Å²) >= 11 is 0. The van der Waals surface area contributed by atoms with E-state index in [0.29, 0.717) is 16.8 Å². The molecule has 0 fully saturated rings. The average molecular weight is 261 g/mol. The van der Waals surface area contributed by atoms with Crippen LogP contribution in [0.2, 0.25) is 0 Å². The summed E-state index contributed by atoms with van der Waals surface area (Å²) in [5, 5.41) is 0. The molecule has 19 heavy (non-hydrogen) atoms. The lowest BCUT2D eigenvalue weighted by atomic mass is 9.97. The summed E-state index contributed by atoms with van der Waals surface area (Å²) in [5.41, 5.74) is 1.83. The van der Waals surface area contributed by atoms with E-state index < -0.39 is 26.0 Å². The zero-order valence-electron chi connectivity index (χ0n) is 19.4. The predicted octanol–water partition coefficient (Wildman–Crippen LogP) is 4.87. The van der Waals surface area contributed by atoms with Crippen molar-refractivity contribution < 1.29 is 11.0 Å². The van der Waals surface area contributed by atoms with Crippen LogP contribution in [0.15, 0.2) is 30.5 Å². The second kappa shape index (κ2) is 5.56. The molecule has 0 saturated heterocycles. The highest BCUT2D eigenvalue weighted by atomic mass is 14.7. The molecule has 1 heteroatoms. The second-order valence-electron chi connectivity index (χ2n) is 4.94. The van der Waals surface area contributed by atoms with Gasteiger partial charge in [-0.2, -0.15) is 0 Å². The summed E-state index contributed by atoms with van der Waals surface area (Å²) in [6.07, 6.45) is -0.552. The Morgan fingerprint density at radius 1 is 1.21 bits per heavy atom. The maximum absolute atomic E-state index is 8.27. The molecular weight excluding hydrogens is 230 g/mol. The Morgan fingerprint density at radius 2 is 2.05 bits per heavy atom. The van der Waals surface area contributed by atoms with Crippen molar-refractivity contribution in [2.75, 3.05) is 0 Å². The zero-order chi connectivity index (χ0) is 20.8. The largest absolute Gasteiger partial charge is 0.256 e. The molecular formula is C18H23N. The highest BCUT2D eigenvalue weighted by Crippen LogP contribution is 2.24. The van der Waals surface area contributed by atoms with Crippen LogP contribution in [0.4, 0.5) is 0 Å². The third kappa shape index (κ3) is 3.23. The number of nitrogens with zero attached hydrogens (tertiary/aromatic N) is 1. The van der Waals surface area contributed by atoms with Crippen LogP contribution < -0.4 is 0 Å². The molecule has 0 aliphatic rings. The van der Waals surface area contributed by atoms with Gasteiger partial charge in [0.2, 0.25) is 0 Å². The van der Waals surface area contributed by atoms with Crippen molar-refractivity contribution >= 4 is 0 Å². The summed E-state index contributed by atoms with van der Waals surface area (Å²) in [4.78, 5) is 4.29. The van der Waals surface area contributed by atoms with Crippen LogP contribution in [0.25, 0.3) is 11.3 Å². The van der Waals surface area contributed by atoms with Crippen LogP contribution in [0.5, 0.6) is 0 Å². The molecule has 0 N–H and O–H groups in total. The van der Waals surface area contributed by atoms with Crippen LogP contribution in [0, 0.1) is 26.5 Å². The molecule has 0 aliphatic heterocycles. The summed E-state index contributed by atoms with van der Waals surface area (Å²) in [6.45, 7) is 0.395. The van der Waals surface area contributed by atoms with Crippen LogP contribution in [0.3, 0.4) is 0 Å². The van der Waals surface area contributed by atoms with Gasteiger partial charge in [0.05, 0.1) is 5.69 Å². The molecule has 0 aliphatic carbocycles. The van der Waals surface area contributed by atoms with Gasteiger partial charge in [-0.3, -0.25) is 4.98 Å². The smallest absolute Gasteiger partial charge is 0.0707 e. The molecule has 1 aromatic heterocycles. The molecule has 2 aromatic rings. The van der Waals surface area contributed by atoms with Gasteiger partial charge in [0.25, 0.3) is 0 Å². The van der Waals surface area contributed by atoms with E-state index >= 15 is 0 Å². The van der Waals surface area contributed by atoms with E-state index in [-0.39, 0.29) is 16.7 Å². The fraction of sp³-hybridized carbons (Fsp3) is 0.389. The van der Waals surface area contributed by atoms with Crippen molar-refractivity contribution in [3.05, 3.63) is 52.7 Å². The van der Waals surface area contributed by atoms with E-state index in [9.17, 15) is 0 Å². The van der Waals surface area contributed by atoms with Crippen molar-refractivity contribution in [2.24, 2.45) is 5.92 Å². The summed E-state index contributed by atoms with van der Waals surface area (Å²) in [5.74, 6) is -0.424. The molecule has 1 nitrogen and oxygen atoms in total. The fourth-order valence-electron chi connectivity index (χ4n) is 1.98. The van der Waals surface area contributed by atoms with Gasteiger partial charge in [-0.05, 0) is 55.7 Å². The monoisotopic (exact) mass is 261 g/mol. The van der Waals surface area contributed by atoms with Crippen molar-refractivity contribution in [1.29, 1.82) is 0 Å². The number of rotatable bonds is 3. The van der Waals surface area contributed by atoms with E-state index in [1.807, 2.05) is 0 Å². The van der Waals surface area contributed by atoms with Crippen molar-refractivity contribution in [3.8, 4) is 11.3 Å². The summed E-state index contributed by atoms with van der Waals surface area (Å²) in [7, 11) is 0. The Labute approximate surface area is 128 Å². The molecule has 0 unspecified atom stereocenters. The molecule has 1 heterocycles. The Kier molecular flexibility index (Phi) is 1.96. The minimum atomic E-state index is -2.50. The van der Waals surface area contributed by atoms with Crippen molar-refractivity contribution in [2.45, 2.75) is 40.8 Å². The third-order valence-corrected chi connectivity index (χ3v) is 2.85. The number of pyridine rings is 1. The summed E-state index contributed by atoms with van der Waals surface area (Å²) in [6, 6.07) is 6.02. The normalized spacial score (nSPS) is 19.4. The van der Waals surface area contributed by atoms with Gasteiger partial charge in [0, 0.05) is 22.7 Å². The Morgan fingerprint density at radius 3 is 2.68 bits per heavy atom. The quantitative estimate of drug-likeness (QED) is 0.768. The minimum Gasteiger partial charge on any atom is -0.256 e. The van der Waals surface area contributed by atoms with Crippen LogP contribution in [-0.2, 0) is 6.37 Å². The standard InChI is InChI=1S/C18H23N/c1-12(2)8-16-11-19-18(10-14(16)4)17-7-6-13(3)9-15(17)5/h6-7,9-12H,8H2,1-5H3/i3D3,4D3,8D2. The fourth-order valence-corrected chi connectivity index (χ4v) is 1.98. The SMILES string of the molecule is [2H]C([2H])([2H])c1ccc(-c2cc(C([2H])([2H])[2H])c(C([2H])([2H])C(C)C)cn2)c(C)c1. The van der Waals surface area contributed by atoms with E-state index in [1.54, 1.807) is 32.9 Å². The maximum atomic E-state index is 8.27. The lowest BCUT2D eigenvalue weighted by molar-refractivity contribution is 0.643. The van der Waals surface area contributed by atoms with Gasteiger partial charge >= 0.3 is 0 Å². The zero-order valence-corrected chi connectivity index (χ0v) is 11.4. The second-order valence-corrected chi connectivity index (χ2v) is 4.94. The minimum absolute atomic E-state index is 0.0537. The molecule has 0 spiro atoms. The first-order valence-corrected chi connectivity index (χ1v) is 6.28. The lowest BCUT2D eigenvalue weighted by Crippen LogP contribution is -1.99. The number of hydrogen-bond donors (Lipinski definition) is 0. The molecule has 1 aromatic carbocycles. The first-order valence-electron chi connectivity index (χ1n) is 10.3. The number of hydrogen-bond acceptors (Lipinski definition) is 1. The number of benzene rings is 1. The van der Waals surface area contributed by atoms with Crippen molar-refractivity contribution in [3.63, 3.8) is 0 Å². The molecule has 0 saturated carbocycles. The van der Waals surface area contributed by atoms with Gasteiger partial charge in [-0.25, -0.2) is 0 Å². The molecule has 100 valence electrons. The molecule has 0 bridgehead atoms. The molecule has 0 amide bonds. The highest BCUT2D eigenvalue weighted by Gasteiger charge is 2.07. The van der Waals surface area contributed by atoms with Gasteiger partial charge < -0.3 is 0 Å². The van der Waals surface area contributed by atoms with E-state index in [2.05, 4.69) is 4.98 Å². The molecule has 2 rings (SSSR count). The average Bonchev–Trinajstić information content (AvgIpc) is 2.52. The van der Waals surface area contributed by atoms with Gasteiger partial charge in [0.15, 0.2) is 0 Å². The Bertz CT molecular complexity index is 834. The predicted molar refractivity (Wildman–Crippen MR) is 82.4 cm³/mol. The topological polar surface area (TPSA) is 12.9 Å². The maximum Gasteiger partial charge on any atom is 0.0707 e. The van der Waals surface area contributed by atoms with Gasteiger partial charge in [-0.15, -0.1) is 0 Å². The van der Waals surface area contributed by atoms with E-state index in [1.165, 1.54) is 18.3 Å². The number of aromatic nitrogens is 1.